The predicted octanol–water partition coefficient (Wildman–Crippen LogP) is 5.11. The van der Waals surface area contributed by atoms with Crippen LogP contribution in [0.4, 0.5) is 28.9 Å². The number of halogens is 4. The molecule has 0 atom stereocenters. The number of thioether (sulfide) groups is 1. The Morgan fingerprint density at radius 2 is 1.72 bits per heavy atom. The lowest BCUT2D eigenvalue weighted by atomic mass is 10.1. The normalized spacial score (nSPS) is 14.0. The Hall–Kier alpha value is -3.90. The smallest absolute Gasteiger partial charge is 0.378 e. The molecular formula is C27H22F4N4O3S. The number of ether oxygens (including phenoxy) is 1. The van der Waals surface area contributed by atoms with Crippen molar-refractivity contribution in [3.8, 4) is 5.69 Å². The summed E-state index contributed by atoms with van der Waals surface area (Å²) in [6, 6.07) is 15.5. The molecule has 4 aromatic rings. The number of carbonyl (C=O) groups excluding carboxylic acids is 1. The molecule has 0 aliphatic carbocycles. The van der Waals surface area contributed by atoms with E-state index in [9.17, 15) is 27.2 Å². The number of rotatable bonds is 6. The fourth-order valence-corrected chi connectivity index (χ4v) is 5.07. The Kier molecular flexibility index (Phi) is 7.58. The summed E-state index contributed by atoms with van der Waals surface area (Å²) in [5.41, 5.74) is -0.623. The van der Waals surface area contributed by atoms with Gasteiger partial charge < -0.3 is 15.0 Å². The molecule has 2 heterocycles. The lowest BCUT2D eigenvalue weighted by Crippen LogP contribution is -2.37. The first-order valence-corrected chi connectivity index (χ1v) is 12.9. The monoisotopic (exact) mass is 558 g/mol. The Bertz CT molecular complexity index is 1590. The van der Waals surface area contributed by atoms with E-state index in [1.807, 2.05) is 4.90 Å². The van der Waals surface area contributed by atoms with Crippen molar-refractivity contribution in [1.82, 2.24) is 9.55 Å². The van der Waals surface area contributed by atoms with E-state index in [0.29, 0.717) is 37.5 Å². The molecule has 0 unspecified atom stereocenters. The average molecular weight is 559 g/mol. The second-order valence-electron chi connectivity index (χ2n) is 8.67. The van der Waals surface area contributed by atoms with Gasteiger partial charge in [-0.3, -0.25) is 14.2 Å². The highest BCUT2D eigenvalue weighted by Gasteiger charge is 2.32. The van der Waals surface area contributed by atoms with Gasteiger partial charge in [0.25, 0.3) is 5.56 Å². The molecule has 1 N–H and O–H groups in total. The minimum Gasteiger partial charge on any atom is -0.378 e. The van der Waals surface area contributed by atoms with E-state index in [0.717, 1.165) is 28.5 Å². The minimum atomic E-state index is -4.59. The lowest BCUT2D eigenvalue weighted by Gasteiger charge is -2.31. The fraction of sp³-hybridized carbons (Fsp3) is 0.222. The van der Waals surface area contributed by atoms with Crippen molar-refractivity contribution in [3.63, 3.8) is 0 Å². The molecular weight excluding hydrogens is 536 g/mol. The summed E-state index contributed by atoms with van der Waals surface area (Å²) in [5.74, 6) is -1.56. The van der Waals surface area contributed by atoms with E-state index in [1.54, 1.807) is 30.3 Å². The highest BCUT2D eigenvalue weighted by Crippen LogP contribution is 2.36. The number of anilines is 2. The zero-order valence-electron chi connectivity index (χ0n) is 20.4. The molecule has 0 bridgehead atoms. The molecule has 0 saturated carbocycles. The summed E-state index contributed by atoms with van der Waals surface area (Å²) >= 11 is 0.875. The molecule has 5 rings (SSSR count). The third-order valence-electron chi connectivity index (χ3n) is 6.12. The first-order valence-electron chi connectivity index (χ1n) is 12.0. The number of fused-ring (bicyclic) bond motifs is 1. The van der Waals surface area contributed by atoms with Gasteiger partial charge in [-0.1, -0.05) is 36.0 Å². The van der Waals surface area contributed by atoms with Gasteiger partial charge in [0.1, 0.15) is 5.82 Å². The van der Waals surface area contributed by atoms with Crippen LogP contribution in [0, 0.1) is 5.82 Å². The Morgan fingerprint density at radius 1 is 1.00 bits per heavy atom. The molecule has 0 radical (unpaired) electrons. The minimum absolute atomic E-state index is 0.00953. The Balaban J connectivity index is 1.45. The van der Waals surface area contributed by atoms with E-state index < -0.39 is 29.0 Å². The molecule has 1 aromatic heterocycles. The van der Waals surface area contributed by atoms with Crippen LogP contribution in [0.5, 0.6) is 0 Å². The maximum Gasteiger partial charge on any atom is 0.416 e. The number of alkyl halides is 3. The van der Waals surface area contributed by atoms with Crippen LogP contribution in [-0.2, 0) is 15.7 Å². The topological polar surface area (TPSA) is 76.5 Å². The molecule has 39 heavy (non-hydrogen) atoms. The lowest BCUT2D eigenvalue weighted by molar-refractivity contribution is -0.137. The summed E-state index contributed by atoms with van der Waals surface area (Å²) in [6.07, 6.45) is -4.59. The number of para-hydroxylation sites is 2. The van der Waals surface area contributed by atoms with Gasteiger partial charge in [0.2, 0.25) is 5.91 Å². The SMILES string of the molecule is O=C(CSc1nc2ccccc2c(=O)n1-c1ccccc1F)Nc1cc(C(F)(F)F)ccc1N1CCOCC1. The van der Waals surface area contributed by atoms with Crippen molar-refractivity contribution in [3.05, 3.63) is 88.5 Å². The molecule has 1 aliphatic rings. The van der Waals surface area contributed by atoms with Crippen molar-refractivity contribution in [1.29, 1.82) is 0 Å². The van der Waals surface area contributed by atoms with Crippen LogP contribution in [0.15, 0.2) is 76.7 Å². The first kappa shape index (κ1) is 26.7. The van der Waals surface area contributed by atoms with Crippen LogP contribution in [0.3, 0.4) is 0 Å². The van der Waals surface area contributed by atoms with Gasteiger partial charge in [0.05, 0.1) is 52.5 Å². The number of hydrogen-bond donors (Lipinski definition) is 1. The molecule has 3 aromatic carbocycles. The maximum absolute atomic E-state index is 14.7. The van der Waals surface area contributed by atoms with Crippen LogP contribution in [0.2, 0.25) is 0 Å². The summed E-state index contributed by atoms with van der Waals surface area (Å²) in [5, 5.41) is 2.92. The average Bonchev–Trinajstić information content (AvgIpc) is 2.93. The number of nitrogens with zero attached hydrogens (tertiary/aromatic N) is 3. The molecule has 1 amide bonds. The molecule has 0 spiro atoms. The summed E-state index contributed by atoms with van der Waals surface area (Å²) < 4.78 is 61.4. The number of benzene rings is 3. The number of nitrogens with one attached hydrogen (secondary N) is 1. The Morgan fingerprint density at radius 3 is 2.46 bits per heavy atom. The summed E-state index contributed by atoms with van der Waals surface area (Å²) in [4.78, 5) is 32.6. The van der Waals surface area contributed by atoms with E-state index in [4.69, 9.17) is 4.74 Å². The van der Waals surface area contributed by atoms with E-state index in [1.165, 1.54) is 24.3 Å². The van der Waals surface area contributed by atoms with Crippen molar-refractivity contribution >= 4 is 39.9 Å². The summed E-state index contributed by atoms with van der Waals surface area (Å²) in [7, 11) is 0. The van der Waals surface area contributed by atoms with Crippen LogP contribution in [-0.4, -0.2) is 47.5 Å². The molecule has 12 heteroatoms. The van der Waals surface area contributed by atoms with Gasteiger partial charge in [0, 0.05) is 13.1 Å². The third-order valence-corrected chi connectivity index (χ3v) is 7.06. The zero-order chi connectivity index (χ0) is 27.6. The molecule has 1 aliphatic heterocycles. The Labute approximate surface area is 224 Å². The van der Waals surface area contributed by atoms with Gasteiger partial charge in [-0.2, -0.15) is 13.2 Å². The third kappa shape index (κ3) is 5.76. The van der Waals surface area contributed by atoms with Crippen molar-refractivity contribution in [2.75, 3.05) is 42.3 Å². The molecule has 1 fully saturated rings. The van der Waals surface area contributed by atoms with Gasteiger partial charge in [-0.25, -0.2) is 9.37 Å². The number of morpholine rings is 1. The second-order valence-corrected chi connectivity index (χ2v) is 9.61. The number of hydrogen-bond acceptors (Lipinski definition) is 6. The van der Waals surface area contributed by atoms with Crippen LogP contribution >= 0.6 is 11.8 Å². The maximum atomic E-state index is 14.7. The fourth-order valence-electron chi connectivity index (χ4n) is 4.26. The van der Waals surface area contributed by atoms with E-state index in [2.05, 4.69) is 10.3 Å². The summed E-state index contributed by atoms with van der Waals surface area (Å²) in [6.45, 7) is 1.73. The number of carbonyl (C=O) groups is 1. The van der Waals surface area contributed by atoms with Crippen LogP contribution < -0.4 is 15.8 Å². The highest BCUT2D eigenvalue weighted by molar-refractivity contribution is 7.99. The first-order chi connectivity index (χ1) is 18.7. The molecule has 7 nitrogen and oxygen atoms in total. The van der Waals surface area contributed by atoms with Gasteiger partial charge in [-0.15, -0.1) is 0 Å². The second kappa shape index (κ2) is 11.1. The van der Waals surface area contributed by atoms with Crippen LogP contribution in [0.1, 0.15) is 5.56 Å². The quantitative estimate of drug-likeness (QED) is 0.201. The van der Waals surface area contributed by atoms with Gasteiger partial charge in [0.15, 0.2) is 5.16 Å². The number of amides is 1. The van der Waals surface area contributed by atoms with Gasteiger partial charge in [-0.05, 0) is 42.5 Å². The van der Waals surface area contributed by atoms with Crippen molar-refractivity contribution in [2.24, 2.45) is 0 Å². The van der Waals surface area contributed by atoms with Crippen LogP contribution in [0.25, 0.3) is 16.6 Å². The number of aromatic nitrogens is 2. The molecule has 202 valence electrons. The van der Waals surface area contributed by atoms with E-state index in [-0.39, 0.29) is 27.7 Å². The van der Waals surface area contributed by atoms with Crippen molar-refractivity contribution in [2.45, 2.75) is 11.3 Å². The zero-order valence-corrected chi connectivity index (χ0v) is 21.2. The highest BCUT2D eigenvalue weighted by atomic mass is 32.2. The molecule has 1 saturated heterocycles. The largest absolute Gasteiger partial charge is 0.416 e. The van der Waals surface area contributed by atoms with E-state index >= 15 is 0 Å². The van der Waals surface area contributed by atoms with Crippen molar-refractivity contribution < 1.29 is 27.1 Å². The van der Waals surface area contributed by atoms with Gasteiger partial charge >= 0.3 is 6.18 Å². The predicted molar refractivity (Wildman–Crippen MR) is 141 cm³/mol. The standard InChI is InChI=1S/C27H22F4N4O3S/c28-19-6-2-4-8-22(19)35-25(37)18-5-1-3-7-20(18)33-26(35)39-16-24(36)32-21-15-17(27(29,30)31)9-10-23(21)34-11-13-38-14-12-34/h1-10,15H,11-14,16H2,(H,32,36).